The van der Waals surface area contributed by atoms with Gasteiger partial charge in [-0.2, -0.15) is 0 Å². The molecular weight excluding hydrogens is 362 g/mol. The Morgan fingerprint density at radius 2 is 1.46 bits per heavy atom. The van der Waals surface area contributed by atoms with Crippen molar-refractivity contribution in [3.05, 3.63) is 48.5 Å². The topological polar surface area (TPSA) is 126 Å². The smallest absolute Gasteiger partial charge is 0.410 e. The number of carbonyl (C=O) groups is 1. The molecule has 1 N–H and O–H groups in total. The number of amides is 1. The lowest BCUT2D eigenvalue weighted by atomic mass is 10.1. The lowest BCUT2D eigenvalue weighted by Gasteiger charge is -2.10. The number of aromatic nitrogens is 8. The quantitative estimate of drug-likeness (QED) is 0.569. The third kappa shape index (κ3) is 3.53. The first-order valence-electron chi connectivity index (χ1n) is 8.24. The van der Waals surface area contributed by atoms with E-state index in [1.165, 1.54) is 9.36 Å². The second-order valence-corrected chi connectivity index (χ2v) is 5.88. The highest BCUT2D eigenvalue weighted by molar-refractivity contribution is 5.88. The highest BCUT2D eigenvalue weighted by atomic mass is 16.6. The van der Waals surface area contributed by atoms with E-state index in [2.05, 4.69) is 36.4 Å². The minimum Gasteiger partial charge on any atom is -0.410 e. The van der Waals surface area contributed by atoms with Crippen molar-refractivity contribution in [2.45, 2.75) is 0 Å². The summed E-state index contributed by atoms with van der Waals surface area (Å²) in [7, 11) is 3.45. The summed E-state index contributed by atoms with van der Waals surface area (Å²) in [6, 6.07) is 14.1. The van der Waals surface area contributed by atoms with Crippen molar-refractivity contribution in [1.82, 2.24) is 40.4 Å². The van der Waals surface area contributed by atoms with Crippen molar-refractivity contribution in [2.24, 2.45) is 14.1 Å². The molecule has 0 bridgehead atoms. The van der Waals surface area contributed by atoms with Gasteiger partial charge >= 0.3 is 6.09 Å². The second-order valence-electron chi connectivity index (χ2n) is 5.88. The van der Waals surface area contributed by atoms with Gasteiger partial charge in [-0.1, -0.05) is 18.2 Å². The first-order valence-corrected chi connectivity index (χ1v) is 8.24. The zero-order valence-electron chi connectivity index (χ0n) is 15.0. The van der Waals surface area contributed by atoms with Crippen LogP contribution in [0.3, 0.4) is 0 Å². The van der Waals surface area contributed by atoms with E-state index in [9.17, 15) is 4.79 Å². The number of nitrogens with zero attached hydrogens (tertiary/aromatic N) is 8. The van der Waals surface area contributed by atoms with Gasteiger partial charge in [0.25, 0.3) is 0 Å². The molecular formula is C17H15N9O2. The lowest BCUT2D eigenvalue weighted by Crippen LogP contribution is -2.16. The van der Waals surface area contributed by atoms with Crippen molar-refractivity contribution in [3.8, 4) is 28.5 Å². The second kappa shape index (κ2) is 7.23. The molecule has 0 fully saturated rings. The molecule has 2 aromatic heterocycles. The van der Waals surface area contributed by atoms with Crippen LogP contribution in [0.15, 0.2) is 48.5 Å². The van der Waals surface area contributed by atoms with Crippen LogP contribution in [0.5, 0.6) is 5.75 Å². The van der Waals surface area contributed by atoms with Crippen molar-refractivity contribution in [2.75, 3.05) is 5.32 Å². The van der Waals surface area contributed by atoms with Gasteiger partial charge in [-0.15, -0.1) is 10.2 Å². The summed E-state index contributed by atoms with van der Waals surface area (Å²) in [5.74, 6) is 1.49. The van der Waals surface area contributed by atoms with Gasteiger partial charge in [-0.05, 0) is 51.2 Å². The molecule has 0 aliphatic heterocycles. The maximum atomic E-state index is 12.3. The molecule has 0 aliphatic carbocycles. The van der Waals surface area contributed by atoms with Gasteiger partial charge in [0.15, 0.2) is 11.6 Å². The molecule has 0 saturated heterocycles. The van der Waals surface area contributed by atoms with Crippen molar-refractivity contribution >= 4 is 11.8 Å². The van der Waals surface area contributed by atoms with Crippen molar-refractivity contribution in [3.63, 3.8) is 0 Å². The molecule has 0 aliphatic rings. The number of nitrogens with one attached hydrogen (secondary N) is 1. The molecule has 28 heavy (non-hydrogen) atoms. The molecule has 2 aromatic carbocycles. The Morgan fingerprint density at radius 3 is 1.96 bits per heavy atom. The van der Waals surface area contributed by atoms with Gasteiger partial charge in [-0.25, -0.2) is 14.2 Å². The maximum absolute atomic E-state index is 12.3. The van der Waals surface area contributed by atoms with Crippen molar-refractivity contribution < 1.29 is 9.53 Å². The molecule has 11 nitrogen and oxygen atoms in total. The number of benzene rings is 2. The summed E-state index contributed by atoms with van der Waals surface area (Å²) in [6.45, 7) is 0. The summed E-state index contributed by atoms with van der Waals surface area (Å²) in [6.07, 6.45) is -0.624. The van der Waals surface area contributed by atoms with E-state index in [1.54, 1.807) is 50.5 Å². The molecule has 4 rings (SSSR count). The number of aryl methyl sites for hydroxylation is 2. The Bertz CT molecular complexity index is 1060. The number of hydrogen-bond acceptors (Lipinski definition) is 8. The normalized spacial score (nSPS) is 10.6. The Morgan fingerprint density at radius 1 is 0.893 bits per heavy atom. The predicted molar refractivity (Wildman–Crippen MR) is 98.1 cm³/mol. The fourth-order valence-electron chi connectivity index (χ4n) is 2.64. The average molecular weight is 377 g/mol. The van der Waals surface area contributed by atoms with E-state index >= 15 is 0 Å². The van der Waals surface area contributed by atoms with E-state index < -0.39 is 6.09 Å². The van der Waals surface area contributed by atoms with Gasteiger partial charge in [-0.3, -0.25) is 5.32 Å². The van der Waals surface area contributed by atoms with E-state index in [0.717, 1.165) is 0 Å². The fraction of sp³-hybridized carbons (Fsp3) is 0.118. The minimum absolute atomic E-state index is 0.436. The number of ether oxygens (including phenoxy) is 1. The van der Waals surface area contributed by atoms with E-state index in [4.69, 9.17) is 4.74 Å². The molecule has 4 aromatic rings. The largest absolute Gasteiger partial charge is 0.417 e. The summed E-state index contributed by atoms with van der Waals surface area (Å²) in [5, 5.41) is 25.8. The molecule has 0 spiro atoms. The molecule has 0 unspecified atom stereocenters. The third-order valence-electron chi connectivity index (χ3n) is 3.89. The van der Waals surface area contributed by atoms with E-state index in [1.807, 2.05) is 12.1 Å². The van der Waals surface area contributed by atoms with Crippen LogP contribution in [-0.2, 0) is 14.1 Å². The van der Waals surface area contributed by atoms with Crippen LogP contribution in [-0.4, -0.2) is 46.5 Å². The van der Waals surface area contributed by atoms with Crippen molar-refractivity contribution in [1.29, 1.82) is 0 Å². The van der Waals surface area contributed by atoms with Crippen LogP contribution in [0.25, 0.3) is 22.8 Å². The Balaban J connectivity index is 1.69. The highest BCUT2D eigenvalue weighted by Gasteiger charge is 2.15. The molecule has 0 atom stereocenters. The zero-order chi connectivity index (χ0) is 19.5. The minimum atomic E-state index is -0.624. The number of para-hydroxylation sites is 1. The average Bonchev–Trinajstić information content (AvgIpc) is 3.30. The van der Waals surface area contributed by atoms with Crippen LogP contribution in [0, 0.1) is 0 Å². The maximum Gasteiger partial charge on any atom is 0.417 e. The van der Waals surface area contributed by atoms with Gasteiger partial charge < -0.3 is 4.74 Å². The standard InChI is InChI=1S/C17H15N9O2/c1-25-15(19-21-23-25)11-8-12(16-20-22-24-26(16)2)10-13(9-11)18-17(27)28-14-6-4-3-5-7-14/h3-10H,1-2H3,(H,18,27). The molecule has 11 heteroatoms. The number of hydrogen-bond donors (Lipinski definition) is 1. The van der Waals surface area contributed by atoms with E-state index in [-0.39, 0.29) is 0 Å². The fourth-order valence-corrected chi connectivity index (χ4v) is 2.64. The molecule has 1 amide bonds. The van der Waals surface area contributed by atoms with Crippen LogP contribution >= 0.6 is 0 Å². The van der Waals surface area contributed by atoms with Crippen LogP contribution < -0.4 is 10.1 Å². The SMILES string of the molecule is Cn1nnnc1-c1cc(NC(=O)Oc2ccccc2)cc(-c2nnnn2C)c1. The number of carbonyl (C=O) groups excluding carboxylic acids is 1. The third-order valence-corrected chi connectivity index (χ3v) is 3.89. The summed E-state index contributed by atoms with van der Waals surface area (Å²) >= 11 is 0. The summed E-state index contributed by atoms with van der Waals surface area (Å²) in [5.41, 5.74) is 1.85. The summed E-state index contributed by atoms with van der Waals surface area (Å²) < 4.78 is 8.34. The Kier molecular flexibility index (Phi) is 4.46. The first kappa shape index (κ1) is 17.3. The van der Waals surface area contributed by atoms with Gasteiger partial charge in [0.1, 0.15) is 5.75 Å². The van der Waals surface area contributed by atoms with Gasteiger partial charge in [0.05, 0.1) is 0 Å². The first-order chi connectivity index (χ1) is 13.6. The monoisotopic (exact) mass is 377 g/mol. The number of tetrazole rings is 2. The molecule has 2 heterocycles. The van der Waals surface area contributed by atoms with Crippen LogP contribution in [0.2, 0.25) is 0 Å². The number of anilines is 1. The summed E-state index contributed by atoms with van der Waals surface area (Å²) in [4.78, 5) is 12.3. The van der Waals surface area contributed by atoms with Crippen LogP contribution in [0.1, 0.15) is 0 Å². The molecule has 140 valence electrons. The Labute approximate surface area is 158 Å². The highest BCUT2D eigenvalue weighted by Crippen LogP contribution is 2.28. The molecule has 0 radical (unpaired) electrons. The van der Waals surface area contributed by atoms with Gasteiger partial charge in [0, 0.05) is 30.9 Å². The number of rotatable bonds is 4. The predicted octanol–water partition coefficient (Wildman–Crippen LogP) is 1.68. The zero-order valence-corrected chi connectivity index (χ0v) is 15.0. The lowest BCUT2D eigenvalue weighted by molar-refractivity contribution is 0.215. The van der Waals surface area contributed by atoms with Gasteiger partial charge in [0.2, 0.25) is 0 Å². The van der Waals surface area contributed by atoms with E-state index in [0.29, 0.717) is 34.2 Å². The Hall–Kier alpha value is -4.15. The van der Waals surface area contributed by atoms with Crippen LogP contribution in [0.4, 0.5) is 10.5 Å². The molecule has 0 saturated carbocycles.